The summed E-state index contributed by atoms with van der Waals surface area (Å²) in [5.74, 6) is 0.879. The van der Waals surface area contributed by atoms with E-state index < -0.39 is 0 Å². The number of halogens is 3. The molecule has 0 atom stereocenters. The Kier molecular flexibility index (Phi) is 4.26. The molecule has 9 heteroatoms. The Morgan fingerprint density at radius 1 is 0.962 bits per heavy atom. The lowest BCUT2D eigenvalue weighted by Crippen LogP contribution is -1.97. The molecule has 0 unspecified atom stereocenters. The molecule has 3 heterocycles. The first-order chi connectivity index (χ1) is 12.5. The molecule has 26 heavy (non-hydrogen) atoms. The standard InChI is InChI=1S/C17H11Cl3N4O2/c1-25-11-5-12(26-2)16(20)14(15(11)19)9-3-8-6-21-13(18)4-10(8)24-7-22-23-17(9)24/h3-7H,1-2H3. The fraction of sp³-hybridized carbons (Fsp3) is 0.118. The fourth-order valence-corrected chi connectivity index (χ4v) is 3.73. The maximum absolute atomic E-state index is 6.56. The van der Waals surface area contributed by atoms with Crippen LogP contribution in [0.15, 0.2) is 30.7 Å². The van der Waals surface area contributed by atoms with E-state index in [0.717, 1.165) is 10.9 Å². The molecule has 6 nitrogen and oxygen atoms in total. The second-order valence-corrected chi connectivity index (χ2v) is 6.58. The van der Waals surface area contributed by atoms with E-state index in [1.54, 1.807) is 29.1 Å². The van der Waals surface area contributed by atoms with E-state index in [1.807, 2.05) is 6.07 Å². The summed E-state index contributed by atoms with van der Waals surface area (Å²) in [5, 5.41) is 10.1. The van der Waals surface area contributed by atoms with Gasteiger partial charge in [0.15, 0.2) is 5.65 Å². The minimum atomic E-state index is 0.351. The van der Waals surface area contributed by atoms with Crippen LogP contribution in [0.3, 0.4) is 0 Å². The Morgan fingerprint density at radius 3 is 2.31 bits per heavy atom. The molecular weight excluding hydrogens is 399 g/mol. The number of hydrogen-bond donors (Lipinski definition) is 0. The van der Waals surface area contributed by atoms with E-state index in [-0.39, 0.29) is 0 Å². The molecular formula is C17H11Cl3N4O2. The largest absolute Gasteiger partial charge is 0.495 e. The van der Waals surface area contributed by atoms with Crippen molar-refractivity contribution in [2.75, 3.05) is 14.2 Å². The number of rotatable bonds is 3. The molecule has 4 aromatic rings. The van der Waals surface area contributed by atoms with E-state index in [9.17, 15) is 0 Å². The van der Waals surface area contributed by atoms with Crippen molar-refractivity contribution < 1.29 is 9.47 Å². The van der Waals surface area contributed by atoms with Crippen molar-refractivity contribution in [3.8, 4) is 22.6 Å². The van der Waals surface area contributed by atoms with Crippen molar-refractivity contribution in [1.29, 1.82) is 0 Å². The molecule has 0 saturated heterocycles. The first-order valence-electron chi connectivity index (χ1n) is 7.43. The van der Waals surface area contributed by atoms with Crippen molar-refractivity contribution >= 4 is 51.4 Å². The number of ether oxygens (including phenoxy) is 2. The van der Waals surface area contributed by atoms with Gasteiger partial charge in [-0.2, -0.15) is 0 Å². The summed E-state index contributed by atoms with van der Waals surface area (Å²) in [6.45, 7) is 0. The van der Waals surface area contributed by atoms with Crippen LogP contribution in [-0.2, 0) is 0 Å². The van der Waals surface area contributed by atoms with Gasteiger partial charge in [-0.05, 0) is 6.07 Å². The average molecular weight is 410 g/mol. The smallest absolute Gasteiger partial charge is 0.169 e. The van der Waals surface area contributed by atoms with Gasteiger partial charge in [0.1, 0.15) is 23.0 Å². The summed E-state index contributed by atoms with van der Waals surface area (Å²) in [6.07, 6.45) is 3.26. The lowest BCUT2D eigenvalue weighted by molar-refractivity contribution is 0.395. The number of fused-ring (bicyclic) bond motifs is 3. The van der Waals surface area contributed by atoms with Crippen LogP contribution >= 0.6 is 34.8 Å². The third-order valence-corrected chi connectivity index (χ3v) is 5.03. The van der Waals surface area contributed by atoms with Crippen LogP contribution in [0, 0.1) is 0 Å². The van der Waals surface area contributed by atoms with Gasteiger partial charge >= 0.3 is 0 Å². The van der Waals surface area contributed by atoms with E-state index in [1.165, 1.54) is 14.2 Å². The minimum absolute atomic E-state index is 0.351. The Morgan fingerprint density at radius 2 is 1.65 bits per heavy atom. The van der Waals surface area contributed by atoms with Crippen molar-refractivity contribution in [3.05, 3.63) is 45.9 Å². The van der Waals surface area contributed by atoms with Gasteiger partial charge in [-0.25, -0.2) is 4.98 Å². The molecule has 0 amide bonds. The Labute approximate surface area is 163 Å². The Hall–Kier alpha value is -2.28. The zero-order valence-corrected chi connectivity index (χ0v) is 15.9. The van der Waals surface area contributed by atoms with Crippen LogP contribution in [0.2, 0.25) is 15.2 Å². The maximum Gasteiger partial charge on any atom is 0.169 e. The van der Waals surface area contributed by atoms with Crippen LogP contribution in [-0.4, -0.2) is 33.8 Å². The second kappa shape index (κ2) is 6.46. The number of aromatic nitrogens is 4. The number of pyridine rings is 2. The van der Waals surface area contributed by atoms with Crippen molar-refractivity contribution in [2.24, 2.45) is 0 Å². The summed E-state index contributed by atoms with van der Waals surface area (Å²) in [7, 11) is 3.05. The summed E-state index contributed by atoms with van der Waals surface area (Å²) < 4.78 is 12.5. The molecule has 0 radical (unpaired) electrons. The predicted molar refractivity (Wildman–Crippen MR) is 102 cm³/mol. The first kappa shape index (κ1) is 17.1. The molecule has 4 rings (SSSR count). The fourth-order valence-electron chi connectivity index (χ4n) is 2.87. The normalized spacial score (nSPS) is 11.3. The first-order valence-corrected chi connectivity index (χ1v) is 8.57. The van der Waals surface area contributed by atoms with Gasteiger partial charge in [0.2, 0.25) is 0 Å². The third-order valence-electron chi connectivity index (χ3n) is 4.07. The minimum Gasteiger partial charge on any atom is -0.495 e. The highest BCUT2D eigenvalue weighted by molar-refractivity contribution is 6.41. The Balaban J connectivity index is 2.15. The number of benzene rings is 1. The van der Waals surface area contributed by atoms with Crippen LogP contribution in [0.1, 0.15) is 0 Å². The van der Waals surface area contributed by atoms with Crippen LogP contribution in [0.5, 0.6) is 11.5 Å². The van der Waals surface area contributed by atoms with Crippen LogP contribution in [0.25, 0.3) is 27.7 Å². The van der Waals surface area contributed by atoms with E-state index in [2.05, 4.69) is 15.2 Å². The second-order valence-electron chi connectivity index (χ2n) is 5.43. The highest BCUT2D eigenvalue weighted by Gasteiger charge is 2.22. The highest BCUT2D eigenvalue weighted by atomic mass is 35.5. The summed E-state index contributed by atoms with van der Waals surface area (Å²) >= 11 is 19.2. The SMILES string of the molecule is COc1cc(OC)c(Cl)c(-c2cc3cnc(Cl)cc3n3cnnc23)c1Cl. The van der Waals surface area contributed by atoms with Crippen molar-refractivity contribution in [2.45, 2.75) is 0 Å². The molecule has 0 bridgehead atoms. The van der Waals surface area contributed by atoms with Gasteiger partial charge in [0, 0.05) is 34.8 Å². The van der Waals surface area contributed by atoms with Gasteiger partial charge in [0.25, 0.3) is 0 Å². The zero-order chi connectivity index (χ0) is 18.4. The topological polar surface area (TPSA) is 61.5 Å². The van der Waals surface area contributed by atoms with Gasteiger partial charge in [-0.3, -0.25) is 4.40 Å². The number of nitrogens with zero attached hydrogens (tertiary/aromatic N) is 4. The quantitative estimate of drug-likeness (QED) is 0.449. The van der Waals surface area contributed by atoms with Gasteiger partial charge in [-0.15, -0.1) is 10.2 Å². The van der Waals surface area contributed by atoms with Crippen LogP contribution in [0.4, 0.5) is 0 Å². The lowest BCUT2D eigenvalue weighted by atomic mass is 10.0. The van der Waals surface area contributed by atoms with Crippen molar-refractivity contribution in [1.82, 2.24) is 19.6 Å². The summed E-state index contributed by atoms with van der Waals surface area (Å²) in [6, 6.07) is 5.26. The maximum atomic E-state index is 6.56. The molecule has 0 fully saturated rings. The van der Waals surface area contributed by atoms with Crippen molar-refractivity contribution in [3.63, 3.8) is 0 Å². The summed E-state index contributed by atoms with van der Waals surface area (Å²) in [5.41, 5.74) is 2.60. The average Bonchev–Trinajstić information content (AvgIpc) is 3.12. The zero-order valence-electron chi connectivity index (χ0n) is 13.6. The van der Waals surface area contributed by atoms with Gasteiger partial charge in [-0.1, -0.05) is 34.8 Å². The molecule has 0 aliphatic heterocycles. The molecule has 0 saturated carbocycles. The van der Waals surface area contributed by atoms with E-state index in [0.29, 0.717) is 43.5 Å². The summed E-state index contributed by atoms with van der Waals surface area (Å²) in [4.78, 5) is 4.14. The Bertz CT molecular complexity index is 1130. The molecule has 0 N–H and O–H groups in total. The number of hydrogen-bond acceptors (Lipinski definition) is 5. The predicted octanol–water partition coefficient (Wildman–Crippen LogP) is 4.92. The van der Waals surface area contributed by atoms with E-state index >= 15 is 0 Å². The molecule has 0 spiro atoms. The van der Waals surface area contributed by atoms with Gasteiger partial charge < -0.3 is 9.47 Å². The third kappa shape index (κ3) is 2.53. The highest BCUT2D eigenvalue weighted by Crippen LogP contribution is 2.47. The molecule has 132 valence electrons. The molecule has 0 aliphatic rings. The monoisotopic (exact) mass is 408 g/mol. The molecule has 3 aromatic heterocycles. The van der Waals surface area contributed by atoms with Gasteiger partial charge in [0.05, 0.1) is 29.8 Å². The molecule has 0 aliphatic carbocycles. The number of methoxy groups -OCH3 is 2. The molecule has 1 aromatic carbocycles. The lowest BCUT2D eigenvalue weighted by Gasteiger charge is -2.16. The van der Waals surface area contributed by atoms with Crippen LogP contribution < -0.4 is 9.47 Å². The van der Waals surface area contributed by atoms with E-state index in [4.69, 9.17) is 44.3 Å².